The van der Waals surface area contributed by atoms with Crippen molar-refractivity contribution < 1.29 is 0 Å². The van der Waals surface area contributed by atoms with E-state index in [0.29, 0.717) is 0 Å². The molecule has 0 N–H and O–H groups in total. The Hall–Kier alpha value is -8.71. The molecule has 0 unspecified atom stereocenters. The Balaban J connectivity index is 0.000000100. The summed E-state index contributed by atoms with van der Waals surface area (Å²) in [7, 11) is 10.5. The third-order valence-corrected chi connectivity index (χ3v) is 16.6. The molecule has 0 saturated heterocycles. The molecule has 0 atom stereocenters. The van der Waals surface area contributed by atoms with Gasteiger partial charge in [0.1, 0.15) is 39.3 Å². The van der Waals surface area contributed by atoms with E-state index in [2.05, 4.69) is 244 Å². The Bertz CT molecular complexity index is 3970. The highest BCUT2D eigenvalue weighted by Crippen LogP contribution is 2.32. The van der Waals surface area contributed by atoms with Gasteiger partial charge in [-0.1, -0.05) is 30.3 Å². The summed E-state index contributed by atoms with van der Waals surface area (Å²) < 4.78 is 21.9. The van der Waals surface area contributed by atoms with E-state index in [4.69, 9.17) is 0 Å². The fraction of sp³-hybridized carbons (Fsp3) is 0.242. The maximum absolute atomic E-state index is 4.64. The van der Waals surface area contributed by atoms with Crippen molar-refractivity contribution in [2.75, 3.05) is 0 Å². The maximum Gasteiger partial charge on any atom is 0.159 e. The van der Waals surface area contributed by atoms with E-state index >= 15 is 0 Å². The van der Waals surface area contributed by atoms with Crippen LogP contribution in [0.2, 0.25) is 0 Å². The number of imidazole rings is 3. The van der Waals surface area contributed by atoms with Gasteiger partial charge in [0.2, 0.25) is 0 Å². The van der Waals surface area contributed by atoms with Crippen LogP contribution in [0, 0.1) is 69.2 Å². The summed E-state index contributed by atoms with van der Waals surface area (Å²) in [6, 6.07) is 30.9. The van der Waals surface area contributed by atoms with Crippen LogP contribution in [-0.2, 0) is 35.2 Å². The summed E-state index contributed by atoms with van der Waals surface area (Å²) in [4.78, 5) is 13.9. The lowest BCUT2D eigenvalue weighted by Gasteiger charge is -2.00. The third-order valence-electron chi connectivity index (χ3n) is 16.6. The van der Waals surface area contributed by atoms with E-state index in [-0.39, 0.29) is 0 Å². The minimum absolute atomic E-state index is 1.02. The van der Waals surface area contributed by atoms with E-state index in [0.717, 1.165) is 33.6 Å². The molecular weight excluding hydrogens is 927 g/mol. The highest BCUT2D eigenvalue weighted by Gasteiger charge is 2.18. The Labute approximate surface area is 436 Å². The van der Waals surface area contributed by atoms with Crippen LogP contribution in [0.3, 0.4) is 0 Å². The number of nitrogens with zero attached hydrogens (tertiary/aromatic N) is 13. The Kier molecular flexibility index (Phi) is 11.9. The van der Waals surface area contributed by atoms with E-state index < -0.39 is 0 Å². The zero-order valence-electron chi connectivity index (χ0n) is 46.0. The molecule has 0 radical (unpaired) electrons. The van der Waals surface area contributed by atoms with E-state index in [9.17, 15) is 0 Å². The number of fused-ring (bicyclic) bond motifs is 15. The van der Waals surface area contributed by atoms with Gasteiger partial charge in [0, 0.05) is 118 Å². The molecule has 0 fully saturated rings. The fourth-order valence-corrected chi connectivity index (χ4v) is 11.1. The van der Waals surface area contributed by atoms with Crippen LogP contribution in [0.4, 0.5) is 0 Å². The first kappa shape index (κ1) is 48.6. The molecule has 15 aromatic rings. The topological polar surface area (TPSA) is 85.4 Å². The molecule has 0 aliphatic rings. The molecule has 0 aromatic carbocycles. The van der Waals surface area contributed by atoms with Crippen LogP contribution in [0.15, 0.2) is 134 Å². The number of aryl methyl sites for hydroxylation is 10. The average molecular weight is 994 g/mol. The van der Waals surface area contributed by atoms with Crippen LogP contribution >= 0.6 is 0 Å². The quantitative estimate of drug-likeness (QED) is 0.152. The molecule has 380 valence electrons. The van der Waals surface area contributed by atoms with Crippen LogP contribution in [-0.4, -0.2) is 59.8 Å². The molecule has 0 amide bonds. The zero-order chi connectivity index (χ0) is 52.9. The molecule has 13 nitrogen and oxygen atoms in total. The molecule has 15 rings (SSSR count). The van der Waals surface area contributed by atoms with Gasteiger partial charge in [-0.2, -0.15) is 0 Å². The fourth-order valence-electron chi connectivity index (χ4n) is 11.1. The normalized spacial score (nSPS) is 11.7. The summed E-state index contributed by atoms with van der Waals surface area (Å²) in [5, 5.41) is 2.75. The molecule has 13 heteroatoms. The van der Waals surface area contributed by atoms with Gasteiger partial charge in [-0.05, 0) is 158 Å². The highest BCUT2D eigenvalue weighted by molar-refractivity contribution is 6.00. The monoisotopic (exact) mass is 994 g/mol. The van der Waals surface area contributed by atoms with Crippen molar-refractivity contribution in [1.29, 1.82) is 0 Å². The number of pyridine rings is 5. The predicted octanol–water partition coefficient (Wildman–Crippen LogP) is 13.4. The molecule has 0 aliphatic heterocycles. The minimum Gasteiger partial charge on any atom is -0.346 e. The van der Waals surface area contributed by atoms with E-state index in [1.165, 1.54) is 106 Å². The molecule has 15 heterocycles. The van der Waals surface area contributed by atoms with Crippen molar-refractivity contribution in [2.45, 2.75) is 69.2 Å². The van der Waals surface area contributed by atoms with Gasteiger partial charge in [-0.25, -0.2) is 15.0 Å². The van der Waals surface area contributed by atoms with E-state index in [1.54, 1.807) is 0 Å². The predicted molar refractivity (Wildman–Crippen MR) is 310 cm³/mol. The lowest BCUT2D eigenvalue weighted by atomic mass is 10.2. The first-order chi connectivity index (χ1) is 36.0. The Morgan fingerprint density at radius 3 is 1.33 bits per heavy atom. The van der Waals surface area contributed by atoms with Gasteiger partial charge in [0.15, 0.2) is 5.65 Å². The molecule has 0 bridgehead atoms. The van der Waals surface area contributed by atoms with Crippen LogP contribution in [0.25, 0.3) is 83.3 Å². The second-order valence-corrected chi connectivity index (χ2v) is 20.3. The summed E-state index contributed by atoms with van der Waals surface area (Å²) in [5.41, 5.74) is 28.4. The van der Waals surface area contributed by atoms with Crippen molar-refractivity contribution in [2.24, 2.45) is 35.2 Å². The number of aromatic nitrogens is 13. The van der Waals surface area contributed by atoms with Gasteiger partial charge < -0.3 is 31.6 Å². The van der Waals surface area contributed by atoms with Crippen molar-refractivity contribution >= 4 is 83.3 Å². The Morgan fingerprint density at radius 2 is 0.773 bits per heavy atom. The van der Waals surface area contributed by atoms with Crippen molar-refractivity contribution in [3.8, 4) is 0 Å². The van der Waals surface area contributed by atoms with Crippen LogP contribution in [0.5, 0.6) is 0 Å². The van der Waals surface area contributed by atoms with Crippen LogP contribution < -0.4 is 0 Å². The maximum atomic E-state index is 4.64. The second kappa shape index (κ2) is 18.3. The lowest BCUT2D eigenvalue weighted by Crippen LogP contribution is -1.95. The second-order valence-electron chi connectivity index (χ2n) is 20.3. The Morgan fingerprint density at radius 1 is 0.333 bits per heavy atom. The summed E-state index contributed by atoms with van der Waals surface area (Å²) >= 11 is 0. The molecular formula is C62H67N13. The van der Waals surface area contributed by atoms with Crippen molar-refractivity contribution in [3.05, 3.63) is 191 Å². The smallest absolute Gasteiger partial charge is 0.159 e. The third kappa shape index (κ3) is 7.54. The minimum atomic E-state index is 1.02. The molecule has 0 spiro atoms. The molecule has 15 aromatic heterocycles. The molecule has 0 aliphatic carbocycles. The average Bonchev–Trinajstić information content (AvgIpc) is 4.35. The van der Waals surface area contributed by atoms with Gasteiger partial charge in [-0.15, -0.1) is 0 Å². The van der Waals surface area contributed by atoms with Gasteiger partial charge >= 0.3 is 0 Å². The van der Waals surface area contributed by atoms with Gasteiger partial charge in [0.05, 0.1) is 27.6 Å². The van der Waals surface area contributed by atoms with E-state index in [1.807, 2.05) is 54.6 Å². The zero-order valence-corrected chi connectivity index (χ0v) is 46.0. The standard InChI is InChI=1S/2C13H14N2.3C12H13N3/c1-9-10(2)14(3)13-11(9)8-15-7-5-4-6-12(13)15;1-9-10(2)14(3)12-8-15-7-5-4-6-11(15)13(9)12;1-8-9(2)14(3)12-11(8)15-7-5-4-6-10(15)13-12;2*1-8-9(2)14(3)12-11(8)13-10-6-4-5-7-15(10)12/h2*4-8H,1-3H3;3*4-7H,1-3H3. The lowest BCUT2D eigenvalue weighted by molar-refractivity contribution is 0.886. The van der Waals surface area contributed by atoms with Crippen molar-refractivity contribution in [3.63, 3.8) is 0 Å². The largest absolute Gasteiger partial charge is 0.346 e. The molecule has 75 heavy (non-hydrogen) atoms. The van der Waals surface area contributed by atoms with Crippen LogP contribution in [0.1, 0.15) is 56.3 Å². The number of rotatable bonds is 0. The summed E-state index contributed by atoms with van der Waals surface area (Å²) in [5.74, 6) is 0. The summed E-state index contributed by atoms with van der Waals surface area (Å²) in [6.07, 6.45) is 14.8. The first-order valence-corrected chi connectivity index (χ1v) is 25.7. The van der Waals surface area contributed by atoms with Gasteiger partial charge in [-0.3, -0.25) is 13.2 Å². The molecule has 0 saturated carbocycles. The SMILES string of the molecule is Cc1c(C)n(C)c2c1cn1ccccc21.Cc1c(C)n(C)c2c1nc1ccccn12.Cc1c(C)n(C)c2c1nc1ccccn12.Cc1c(C)n(C)c2cn3ccccc3c12.Cc1c(C)n(C)c2nc3ccccn3c12. The summed E-state index contributed by atoms with van der Waals surface area (Å²) in [6.45, 7) is 21.5. The number of hydrogen-bond acceptors (Lipinski definition) is 3. The highest BCUT2D eigenvalue weighted by atomic mass is 15.2. The van der Waals surface area contributed by atoms with Gasteiger partial charge in [0.25, 0.3) is 0 Å². The first-order valence-electron chi connectivity index (χ1n) is 25.7. The van der Waals surface area contributed by atoms with Crippen molar-refractivity contribution in [1.82, 2.24) is 59.8 Å². The number of hydrogen-bond donors (Lipinski definition) is 0.